The van der Waals surface area contributed by atoms with Gasteiger partial charge < -0.3 is 9.80 Å². The minimum atomic E-state index is 1.02. The van der Waals surface area contributed by atoms with Gasteiger partial charge in [-0.15, -0.1) is 0 Å². The zero-order chi connectivity index (χ0) is 39.5. The first-order valence-electron chi connectivity index (χ1n) is 20.6. The van der Waals surface area contributed by atoms with Crippen LogP contribution in [0.5, 0.6) is 0 Å². The minimum absolute atomic E-state index is 1.02. The molecule has 282 valence electrons. The summed E-state index contributed by atoms with van der Waals surface area (Å²) in [4.78, 5) is 4.84. The number of rotatable bonds is 9. The van der Waals surface area contributed by atoms with Crippen molar-refractivity contribution in [3.8, 4) is 33.4 Å². The first kappa shape index (κ1) is 36.0. The van der Waals surface area contributed by atoms with E-state index in [1.54, 1.807) is 0 Å². The van der Waals surface area contributed by atoms with Crippen LogP contribution in [0.3, 0.4) is 0 Å². The van der Waals surface area contributed by atoms with Crippen LogP contribution in [0.15, 0.2) is 218 Å². The summed E-state index contributed by atoms with van der Waals surface area (Å²) in [5, 5.41) is 2.51. The predicted molar refractivity (Wildman–Crippen MR) is 252 cm³/mol. The number of aryl methyl sites for hydroxylation is 1. The molecule has 0 fully saturated rings. The van der Waals surface area contributed by atoms with Crippen molar-refractivity contribution < 1.29 is 0 Å². The minimum Gasteiger partial charge on any atom is -0.310 e. The summed E-state index contributed by atoms with van der Waals surface area (Å²) in [6.45, 7) is 2.25. The lowest BCUT2D eigenvalue weighted by atomic mass is 9.92. The summed E-state index contributed by atoms with van der Waals surface area (Å²) in [6.07, 6.45) is 6.64. The topological polar surface area (TPSA) is 6.48 Å². The summed E-state index contributed by atoms with van der Waals surface area (Å²) in [5.74, 6) is 0. The molecule has 10 rings (SSSR count). The zero-order valence-corrected chi connectivity index (χ0v) is 33.2. The van der Waals surface area contributed by atoms with Crippen LogP contribution in [-0.4, -0.2) is 0 Å². The van der Waals surface area contributed by atoms with E-state index < -0.39 is 0 Å². The first-order valence-corrected chi connectivity index (χ1v) is 20.6. The number of hydrogen-bond acceptors (Lipinski definition) is 2. The van der Waals surface area contributed by atoms with Gasteiger partial charge in [-0.25, -0.2) is 0 Å². The van der Waals surface area contributed by atoms with E-state index in [0.29, 0.717) is 0 Å². The molecular weight excluding hydrogens is 713 g/mol. The highest BCUT2D eigenvalue weighted by Gasteiger charge is 2.23. The maximum absolute atomic E-state index is 2.45. The molecule has 9 aromatic carbocycles. The van der Waals surface area contributed by atoms with Gasteiger partial charge in [-0.1, -0.05) is 170 Å². The average Bonchev–Trinajstić information content (AvgIpc) is 3.30. The normalized spacial score (nSPS) is 11.9. The summed E-state index contributed by atoms with van der Waals surface area (Å²) >= 11 is 0. The van der Waals surface area contributed by atoms with Gasteiger partial charge in [0.25, 0.3) is 0 Å². The lowest BCUT2D eigenvalue weighted by Gasteiger charge is -2.31. The second-order valence-corrected chi connectivity index (χ2v) is 15.3. The van der Waals surface area contributed by atoms with Crippen LogP contribution in [0.4, 0.5) is 34.1 Å². The molecule has 0 atom stereocenters. The summed E-state index contributed by atoms with van der Waals surface area (Å²) in [6, 6.07) is 77.1. The van der Waals surface area contributed by atoms with Gasteiger partial charge in [0.05, 0.1) is 11.4 Å². The van der Waals surface area contributed by atoms with Gasteiger partial charge in [0.1, 0.15) is 0 Å². The summed E-state index contributed by atoms with van der Waals surface area (Å²) in [7, 11) is 0. The Morgan fingerprint density at radius 2 is 0.949 bits per heavy atom. The van der Waals surface area contributed by atoms with Crippen molar-refractivity contribution in [1.29, 1.82) is 0 Å². The van der Waals surface area contributed by atoms with Gasteiger partial charge in [-0.2, -0.15) is 0 Å². The lowest BCUT2D eigenvalue weighted by molar-refractivity contribution is 0.979. The summed E-state index contributed by atoms with van der Waals surface area (Å²) < 4.78 is 0. The maximum Gasteiger partial charge on any atom is 0.0540 e. The smallest absolute Gasteiger partial charge is 0.0540 e. The second-order valence-electron chi connectivity index (χ2n) is 15.3. The highest BCUT2D eigenvalue weighted by Crippen LogP contribution is 2.46. The Labute approximate surface area is 347 Å². The van der Waals surface area contributed by atoms with Crippen LogP contribution >= 0.6 is 0 Å². The Hall–Kier alpha value is -7.42. The SMILES string of the molecule is Cc1cc(-c2ccccc2N(c2ccccc2)c2cccc3c2CCC=C3)ccc1-c1ccccc1N(c1ccccc1)c1ccc(-c2cccc3ccccc23)cc1. The fourth-order valence-corrected chi connectivity index (χ4v) is 8.87. The van der Waals surface area contributed by atoms with Crippen LogP contribution in [0.1, 0.15) is 23.1 Å². The Bertz CT molecular complexity index is 2940. The van der Waals surface area contributed by atoms with Crippen molar-refractivity contribution in [1.82, 2.24) is 0 Å². The van der Waals surface area contributed by atoms with Crippen molar-refractivity contribution in [3.05, 3.63) is 235 Å². The second kappa shape index (κ2) is 15.8. The van der Waals surface area contributed by atoms with Gasteiger partial charge in [0.15, 0.2) is 0 Å². The third-order valence-corrected chi connectivity index (χ3v) is 11.7. The van der Waals surface area contributed by atoms with Crippen molar-refractivity contribution >= 4 is 51.0 Å². The molecule has 0 bridgehead atoms. The van der Waals surface area contributed by atoms with E-state index in [1.807, 2.05) is 0 Å². The first-order chi connectivity index (χ1) is 29.2. The molecule has 0 saturated carbocycles. The molecule has 0 unspecified atom stereocenters. The van der Waals surface area contributed by atoms with Crippen molar-refractivity contribution in [2.45, 2.75) is 19.8 Å². The fraction of sp³-hybridized carbons (Fsp3) is 0.0526. The monoisotopic (exact) mass is 756 g/mol. The fourth-order valence-electron chi connectivity index (χ4n) is 8.87. The Balaban J connectivity index is 1.06. The summed E-state index contributed by atoms with van der Waals surface area (Å²) in [5.41, 5.74) is 18.0. The van der Waals surface area contributed by atoms with E-state index in [2.05, 4.69) is 241 Å². The van der Waals surface area contributed by atoms with Crippen LogP contribution < -0.4 is 9.80 Å². The molecule has 0 saturated heterocycles. The number of para-hydroxylation sites is 4. The van der Waals surface area contributed by atoms with Crippen LogP contribution in [0, 0.1) is 6.92 Å². The average molecular weight is 757 g/mol. The van der Waals surface area contributed by atoms with Crippen LogP contribution in [-0.2, 0) is 6.42 Å². The van der Waals surface area contributed by atoms with Crippen molar-refractivity contribution in [3.63, 3.8) is 0 Å². The standard InChI is InChI=1S/C57H44N2/c1-41-40-45(53-28-12-14-31-55(53)59(47-24-6-3-7-25-47)56-33-17-21-43-19-9-11-27-52(43)56)36-39-49(41)54-29-13-15-32-57(54)58(46-22-4-2-5-23-46)48-37-34-44(35-38-48)51-30-16-20-42-18-8-10-26-50(42)51/h2-10,12-26,28-40H,11,27H2,1H3. The number of hydrogen-bond donors (Lipinski definition) is 0. The van der Waals surface area contributed by atoms with E-state index in [-0.39, 0.29) is 0 Å². The third kappa shape index (κ3) is 6.89. The molecule has 0 aromatic heterocycles. The van der Waals surface area contributed by atoms with Gasteiger partial charge in [0.2, 0.25) is 0 Å². The molecule has 0 amide bonds. The van der Waals surface area contributed by atoms with Gasteiger partial charge >= 0.3 is 0 Å². The van der Waals surface area contributed by atoms with E-state index in [1.165, 1.54) is 66.5 Å². The Morgan fingerprint density at radius 3 is 1.71 bits per heavy atom. The lowest BCUT2D eigenvalue weighted by Crippen LogP contribution is -2.14. The van der Waals surface area contributed by atoms with Gasteiger partial charge in [-0.05, 0) is 124 Å². The molecule has 0 radical (unpaired) electrons. The quantitative estimate of drug-likeness (QED) is 0.145. The molecule has 2 nitrogen and oxygen atoms in total. The Kier molecular flexibility index (Phi) is 9.66. The third-order valence-electron chi connectivity index (χ3n) is 11.7. The molecular formula is C57H44N2. The largest absolute Gasteiger partial charge is 0.310 e. The molecule has 0 N–H and O–H groups in total. The van der Waals surface area contributed by atoms with E-state index in [0.717, 1.165) is 41.3 Å². The van der Waals surface area contributed by atoms with Gasteiger partial charge in [-0.3, -0.25) is 0 Å². The molecule has 2 heteroatoms. The number of allylic oxidation sites excluding steroid dienone is 1. The predicted octanol–water partition coefficient (Wildman–Crippen LogP) is 16.0. The van der Waals surface area contributed by atoms with Crippen molar-refractivity contribution in [2.24, 2.45) is 0 Å². The van der Waals surface area contributed by atoms with E-state index in [4.69, 9.17) is 0 Å². The van der Waals surface area contributed by atoms with Crippen LogP contribution in [0.25, 0.3) is 50.2 Å². The molecule has 9 aromatic rings. The number of fused-ring (bicyclic) bond motifs is 2. The number of nitrogens with zero attached hydrogens (tertiary/aromatic N) is 2. The van der Waals surface area contributed by atoms with Crippen LogP contribution in [0.2, 0.25) is 0 Å². The Morgan fingerprint density at radius 1 is 0.390 bits per heavy atom. The maximum atomic E-state index is 2.45. The highest BCUT2D eigenvalue weighted by atomic mass is 15.2. The molecule has 0 heterocycles. The van der Waals surface area contributed by atoms with E-state index >= 15 is 0 Å². The highest BCUT2D eigenvalue weighted by molar-refractivity contribution is 5.98. The number of anilines is 6. The molecule has 0 spiro atoms. The number of benzene rings is 9. The molecule has 1 aliphatic rings. The molecule has 1 aliphatic carbocycles. The molecule has 59 heavy (non-hydrogen) atoms. The van der Waals surface area contributed by atoms with E-state index in [9.17, 15) is 0 Å². The zero-order valence-electron chi connectivity index (χ0n) is 33.2. The molecule has 0 aliphatic heterocycles. The van der Waals surface area contributed by atoms with Crippen molar-refractivity contribution in [2.75, 3.05) is 9.80 Å². The van der Waals surface area contributed by atoms with Gasteiger partial charge in [0, 0.05) is 33.9 Å².